The van der Waals surface area contributed by atoms with E-state index in [0.29, 0.717) is 13.2 Å². The van der Waals surface area contributed by atoms with E-state index in [2.05, 4.69) is 9.98 Å². The van der Waals surface area contributed by atoms with E-state index in [1.165, 1.54) is 0 Å². The Labute approximate surface area is 166 Å². The van der Waals surface area contributed by atoms with Crippen LogP contribution in [0.25, 0.3) is 0 Å². The zero-order valence-electron chi connectivity index (χ0n) is 16.2. The predicted molar refractivity (Wildman–Crippen MR) is 116 cm³/mol. The van der Waals surface area contributed by atoms with Gasteiger partial charge in [-0.1, -0.05) is 48.5 Å². The molecule has 0 unspecified atom stereocenters. The summed E-state index contributed by atoms with van der Waals surface area (Å²) >= 11 is 0. The van der Waals surface area contributed by atoms with Gasteiger partial charge in [0.1, 0.15) is 22.9 Å². The molecule has 0 N–H and O–H groups in total. The zero-order chi connectivity index (χ0) is 19.6. The molecule has 4 heteroatoms. The lowest BCUT2D eigenvalue weighted by molar-refractivity contribution is 0.341. The Morgan fingerprint density at radius 2 is 1.00 bits per heavy atom. The van der Waals surface area contributed by atoms with Crippen LogP contribution in [0.15, 0.2) is 82.8 Å². The Balaban J connectivity index is 1.71. The van der Waals surface area contributed by atoms with Crippen molar-refractivity contribution >= 4 is 23.8 Å². The molecule has 28 heavy (non-hydrogen) atoms. The number of hydrogen-bond donors (Lipinski definition) is 0. The van der Waals surface area contributed by atoms with Crippen LogP contribution in [0, 0.1) is 0 Å². The van der Waals surface area contributed by atoms with Crippen molar-refractivity contribution in [2.24, 2.45) is 9.98 Å². The largest absolute Gasteiger partial charge is 0.492 e. The first-order valence-corrected chi connectivity index (χ1v) is 9.42. The van der Waals surface area contributed by atoms with Gasteiger partial charge in [-0.05, 0) is 49.2 Å². The highest BCUT2D eigenvalue weighted by Crippen LogP contribution is 2.27. The molecule has 0 aromatic heterocycles. The van der Waals surface area contributed by atoms with E-state index < -0.39 is 0 Å². The van der Waals surface area contributed by atoms with E-state index in [4.69, 9.17) is 9.47 Å². The van der Waals surface area contributed by atoms with Gasteiger partial charge in [0.25, 0.3) is 0 Å². The van der Waals surface area contributed by atoms with Crippen molar-refractivity contribution in [1.29, 1.82) is 0 Å². The van der Waals surface area contributed by atoms with Crippen molar-refractivity contribution in [2.45, 2.75) is 13.8 Å². The second-order valence-corrected chi connectivity index (χ2v) is 5.98. The topological polar surface area (TPSA) is 43.2 Å². The molecule has 0 fully saturated rings. The van der Waals surface area contributed by atoms with Gasteiger partial charge >= 0.3 is 0 Å². The molecule has 3 aromatic rings. The number of nitrogens with zero attached hydrogens (tertiary/aromatic N) is 2. The molecular weight excluding hydrogens is 348 g/mol. The third-order valence-electron chi connectivity index (χ3n) is 3.97. The highest BCUT2D eigenvalue weighted by molar-refractivity contribution is 5.86. The zero-order valence-corrected chi connectivity index (χ0v) is 16.2. The highest BCUT2D eigenvalue weighted by Gasteiger charge is 2.01. The molecule has 0 bridgehead atoms. The van der Waals surface area contributed by atoms with Gasteiger partial charge < -0.3 is 9.47 Å². The Bertz CT molecular complexity index is 868. The second kappa shape index (κ2) is 10.1. The summed E-state index contributed by atoms with van der Waals surface area (Å²) in [4.78, 5) is 9.10. The smallest absolute Gasteiger partial charge is 0.144 e. The predicted octanol–water partition coefficient (Wildman–Crippen LogP) is 5.99. The number of para-hydroxylation sites is 4. The molecule has 3 rings (SSSR count). The van der Waals surface area contributed by atoms with E-state index in [1.54, 1.807) is 0 Å². The summed E-state index contributed by atoms with van der Waals surface area (Å²) in [5, 5.41) is 0. The Kier molecular flexibility index (Phi) is 6.96. The van der Waals surface area contributed by atoms with Crippen LogP contribution in [-0.4, -0.2) is 25.6 Å². The Hall–Kier alpha value is -3.40. The minimum Gasteiger partial charge on any atom is -0.492 e. The van der Waals surface area contributed by atoms with Crippen molar-refractivity contribution in [1.82, 2.24) is 0 Å². The van der Waals surface area contributed by atoms with Crippen molar-refractivity contribution in [3.05, 3.63) is 83.9 Å². The minimum atomic E-state index is 0.618. The molecule has 0 heterocycles. The van der Waals surface area contributed by atoms with E-state index in [1.807, 2.05) is 99.1 Å². The average molecular weight is 372 g/mol. The molecule has 0 aliphatic rings. The number of aliphatic imine (C=N–C) groups is 2. The molecule has 3 aromatic carbocycles. The second-order valence-electron chi connectivity index (χ2n) is 5.98. The fraction of sp³-hybridized carbons (Fsp3) is 0.167. The van der Waals surface area contributed by atoms with Crippen LogP contribution in [0.2, 0.25) is 0 Å². The van der Waals surface area contributed by atoms with Crippen LogP contribution in [0.1, 0.15) is 25.0 Å². The lowest BCUT2D eigenvalue weighted by Gasteiger charge is -2.06. The molecule has 0 saturated carbocycles. The first-order valence-electron chi connectivity index (χ1n) is 9.42. The summed E-state index contributed by atoms with van der Waals surface area (Å²) in [6, 6.07) is 23.6. The fourth-order valence-corrected chi connectivity index (χ4v) is 2.64. The number of rotatable bonds is 8. The van der Waals surface area contributed by atoms with Crippen LogP contribution in [0.5, 0.6) is 11.5 Å². The summed E-state index contributed by atoms with van der Waals surface area (Å²) in [6.45, 7) is 5.17. The Morgan fingerprint density at radius 3 is 1.39 bits per heavy atom. The maximum atomic E-state index is 5.60. The van der Waals surface area contributed by atoms with Crippen LogP contribution >= 0.6 is 0 Å². The first-order chi connectivity index (χ1) is 13.8. The van der Waals surface area contributed by atoms with Gasteiger partial charge in [0, 0.05) is 12.4 Å². The van der Waals surface area contributed by atoms with Crippen LogP contribution < -0.4 is 9.47 Å². The third kappa shape index (κ3) is 5.30. The van der Waals surface area contributed by atoms with E-state index in [9.17, 15) is 0 Å². The van der Waals surface area contributed by atoms with Crippen molar-refractivity contribution in [2.75, 3.05) is 13.2 Å². The summed E-state index contributed by atoms with van der Waals surface area (Å²) < 4.78 is 11.2. The Morgan fingerprint density at radius 1 is 0.607 bits per heavy atom. The van der Waals surface area contributed by atoms with Crippen molar-refractivity contribution in [3.63, 3.8) is 0 Å². The molecule has 4 nitrogen and oxygen atoms in total. The van der Waals surface area contributed by atoms with Gasteiger partial charge in [0.2, 0.25) is 0 Å². The van der Waals surface area contributed by atoms with Gasteiger partial charge in [0.05, 0.1) is 13.2 Å². The van der Waals surface area contributed by atoms with Gasteiger partial charge in [-0.2, -0.15) is 0 Å². The number of hydrogen-bond acceptors (Lipinski definition) is 4. The first kappa shape index (κ1) is 19.4. The fourth-order valence-electron chi connectivity index (χ4n) is 2.64. The SMILES string of the molecule is CCOc1ccccc1N=Cc1ccc(C=Nc2ccccc2OCC)cc1. The minimum absolute atomic E-state index is 0.618. The summed E-state index contributed by atoms with van der Waals surface area (Å²) in [5.41, 5.74) is 3.67. The molecule has 0 aliphatic carbocycles. The quantitative estimate of drug-likeness (QED) is 0.456. The van der Waals surface area contributed by atoms with Gasteiger partial charge in [0.15, 0.2) is 0 Å². The molecule has 0 spiro atoms. The molecular formula is C24H24N2O2. The van der Waals surface area contributed by atoms with Gasteiger partial charge in [-0.25, -0.2) is 0 Å². The molecule has 0 radical (unpaired) electrons. The maximum absolute atomic E-state index is 5.60. The van der Waals surface area contributed by atoms with Gasteiger partial charge in [-0.3, -0.25) is 9.98 Å². The molecule has 0 aliphatic heterocycles. The monoisotopic (exact) mass is 372 g/mol. The molecule has 0 amide bonds. The van der Waals surface area contributed by atoms with Crippen LogP contribution in [-0.2, 0) is 0 Å². The molecule has 0 saturated heterocycles. The molecule has 0 atom stereocenters. The van der Waals surface area contributed by atoms with E-state index in [0.717, 1.165) is 34.0 Å². The third-order valence-corrected chi connectivity index (χ3v) is 3.97. The van der Waals surface area contributed by atoms with E-state index >= 15 is 0 Å². The maximum Gasteiger partial charge on any atom is 0.144 e. The van der Waals surface area contributed by atoms with Crippen molar-refractivity contribution in [3.8, 4) is 11.5 Å². The summed E-state index contributed by atoms with van der Waals surface area (Å²) in [6.07, 6.45) is 3.67. The summed E-state index contributed by atoms with van der Waals surface area (Å²) in [7, 11) is 0. The number of benzene rings is 3. The number of ether oxygens (including phenoxy) is 2. The van der Waals surface area contributed by atoms with Crippen LogP contribution in [0.4, 0.5) is 11.4 Å². The average Bonchev–Trinajstić information content (AvgIpc) is 2.74. The van der Waals surface area contributed by atoms with E-state index in [-0.39, 0.29) is 0 Å². The van der Waals surface area contributed by atoms with Gasteiger partial charge in [-0.15, -0.1) is 0 Å². The summed E-state index contributed by atoms with van der Waals surface area (Å²) in [5.74, 6) is 1.58. The standard InChI is InChI=1S/C24H24N2O2/c1-3-27-23-11-7-5-9-21(23)25-17-19-13-15-20(16-14-19)18-26-22-10-6-8-12-24(22)28-4-2/h5-18H,3-4H2,1-2H3. The van der Waals surface area contributed by atoms with Crippen LogP contribution in [0.3, 0.4) is 0 Å². The lowest BCUT2D eigenvalue weighted by atomic mass is 10.1. The van der Waals surface area contributed by atoms with Crippen molar-refractivity contribution < 1.29 is 9.47 Å². The normalized spacial score (nSPS) is 11.2. The lowest BCUT2D eigenvalue weighted by Crippen LogP contribution is -1.92. The highest BCUT2D eigenvalue weighted by atomic mass is 16.5. The molecule has 142 valence electrons.